The second-order valence-electron chi connectivity index (χ2n) is 36.4. The molecule has 0 aliphatic carbocycles. The first-order chi connectivity index (χ1) is 73.7. The van der Waals surface area contributed by atoms with E-state index in [4.69, 9.17) is 63.9 Å². The summed E-state index contributed by atoms with van der Waals surface area (Å²) in [5, 5.41) is 7.91. The van der Waals surface area contributed by atoms with Gasteiger partial charge in [0.25, 0.3) is 0 Å². The minimum atomic E-state index is 0.510. The molecule has 7 aromatic heterocycles. The van der Waals surface area contributed by atoms with Crippen molar-refractivity contribution in [2.24, 2.45) is 0 Å². The first kappa shape index (κ1) is 86.9. The molecule has 0 amide bonds. The molecular formula is C135H85N9O4. The molecule has 694 valence electrons. The number of para-hydroxylation sites is 1. The van der Waals surface area contributed by atoms with Gasteiger partial charge in [0, 0.05) is 98.7 Å². The molecule has 0 aliphatic rings. The zero-order valence-corrected chi connectivity index (χ0v) is 79.7. The van der Waals surface area contributed by atoms with Gasteiger partial charge in [0.1, 0.15) is 44.7 Å². The lowest BCUT2D eigenvalue weighted by molar-refractivity contribution is 0.668. The molecule has 0 spiro atoms. The molecule has 0 radical (unpaired) electrons. The fourth-order valence-electron chi connectivity index (χ4n) is 19.9. The fourth-order valence-corrected chi connectivity index (χ4v) is 19.9. The van der Waals surface area contributed by atoms with Gasteiger partial charge >= 0.3 is 0 Å². The van der Waals surface area contributed by atoms with Gasteiger partial charge in [-0.3, -0.25) is 0 Å². The van der Waals surface area contributed by atoms with Crippen LogP contribution in [0.4, 0.5) is 0 Å². The number of fused-ring (bicyclic) bond motifs is 12. The second kappa shape index (κ2) is 38.7. The Kier molecular flexibility index (Phi) is 22.7. The van der Waals surface area contributed by atoms with Gasteiger partial charge in [-0.2, -0.15) is 0 Å². The summed E-state index contributed by atoms with van der Waals surface area (Å²) in [6.45, 7) is 0. The first-order valence-electron chi connectivity index (χ1n) is 49.7. The normalized spacial score (nSPS) is 11.5. The average Bonchev–Trinajstić information content (AvgIpc) is 1.52. The van der Waals surface area contributed by atoms with Crippen LogP contribution in [0.25, 0.3) is 279 Å². The maximum absolute atomic E-state index is 7.97. The van der Waals surface area contributed by atoms with Crippen LogP contribution in [-0.4, -0.2) is 44.9 Å². The van der Waals surface area contributed by atoms with E-state index in [2.05, 4.69) is 249 Å². The molecule has 0 fully saturated rings. The van der Waals surface area contributed by atoms with Crippen molar-refractivity contribution >= 4 is 87.8 Å². The maximum atomic E-state index is 7.97. The van der Waals surface area contributed by atoms with Crippen molar-refractivity contribution in [2.45, 2.75) is 0 Å². The summed E-state index contributed by atoms with van der Waals surface area (Å²) in [7, 11) is 0. The molecule has 13 heteroatoms. The van der Waals surface area contributed by atoms with Gasteiger partial charge in [-0.1, -0.05) is 437 Å². The van der Waals surface area contributed by atoms with Crippen LogP contribution in [0.5, 0.6) is 0 Å². The second-order valence-corrected chi connectivity index (χ2v) is 36.4. The Morgan fingerprint density at radius 1 is 0.128 bits per heavy atom. The number of hydrogen-bond acceptors (Lipinski definition) is 13. The zero-order chi connectivity index (χ0) is 99.0. The van der Waals surface area contributed by atoms with E-state index in [9.17, 15) is 0 Å². The lowest BCUT2D eigenvalue weighted by Crippen LogP contribution is -2.00. The third-order valence-electron chi connectivity index (χ3n) is 27.2. The maximum Gasteiger partial charge on any atom is 0.164 e. The summed E-state index contributed by atoms with van der Waals surface area (Å²) in [5.74, 6) is 5.40. The number of nitrogens with zero attached hydrogens (tertiary/aromatic N) is 9. The average molecular weight is 1900 g/mol. The largest absolute Gasteiger partial charge is 0.456 e. The standard InChI is InChI=1S/C51H31N3O2.C45H29N3O.C39H25N3O/c1-3-11-32(12-4-1)33-21-23-34(24-22-33)35-25-27-36(28-26-35)38-29-30-44-42(31-38)48-41(17-10-20-46(48)56-44)51-53-49(37-13-5-2-6-14-37)52-50(54-51)40-16-9-19-45-47(40)39-15-7-8-18-43(39)55-45;1-5-13-30(14-6-1)31-21-23-32(24-22-31)36-25-28-40-39(29-36)41-38(27-26-37(42(41)49-40)33-15-7-2-8-16-33)45-47-43(34-17-9-3-10-18-34)46-44(48-45)35-19-11-4-12-20-35;1-5-13-26(14-6-1)30-21-22-34-32(23-30)36-33(24-31(25-35(36)43-34)27-15-7-2-8-16-27)39-41-37(28-17-9-3-10-18-28)40-38(42-39)29-19-11-4-12-20-29/h1-31H;1-29H;1-25H/i3D;;. The summed E-state index contributed by atoms with van der Waals surface area (Å²) in [6, 6.07) is 174. The van der Waals surface area contributed by atoms with Crippen LogP contribution in [0.1, 0.15) is 1.37 Å². The Morgan fingerprint density at radius 3 is 0.777 bits per heavy atom. The van der Waals surface area contributed by atoms with E-state index in [1.807, 2.05) is 255 Å². The predicted octanol–water partition coefficient (Wildman–Crippen LogP) is 35.6. The predicted molar refractivity (Wildman–Crippen MR) is 601 cm³/mol. The van der Waals surface area contributed by atoms with Crippen molar-refractivity contribution < 1.29 is 19.0 Å². The summed E-state index contributed by atoms with van der Waals surface area (Å²) < 4.78 is 33.9. The molecule has 13 nitrogen and oxygen atoms in total. The molecule has 0 saturated heterocycles. The highest BCUT2D eigenvalue weighted by atomic mass is 16.3. The van der Waals surface area contributed by atoms with Crippen LogP contribution in [0, 0.1) is 0 Å². The molecule has 28 rings (SSSR count). The van der Waals surface area contributed by atoms with E-state index >= 15 is 0 Å². The van der Waals surface area contributed by atoms with Gasteiger partial charge in [-0.05, 0) is 162 Å². The number of aromatic nitrogens is 9. The molecule has 21 aromatic carbocycles. The molecular weight excluding hydrogens is 1810 g/mol. The highest BCUT2D eigenvalue weighted by molar-refractivity contribution is 6.19. The number of rotatable bonds is 17. The third kappa shape index (κ3) is 17.3. The van der Waals surface area contributed by atoms with Crippen molar-refractivity contribution in [3.8, 4) is 192 Å². The Morgan fingerprint density at radius 2 is 0.378 bits per heavy atom. The molecule has 0 aliphatic heterocycles. The summed E-state index contributed by atoms with van der Waals surface area (Å²) >= 11 is 0. The molecule has 0 N–H and O–H groups in total. The van der Waals surface area contributed by atoms with Crippen LogP contribution >= 0.6 is 0 Å². The topological polar surface area (TPSA) is 169 Å². The van der Waals surface area contributed by atoms with Crippen molar-refractivity contribution in [1.29, 1.82) is 0 Å². The smallest absolute Gasteiger partial charge is 0.164 e. The lowest BCUT2D eigenvalue weighted by Gasteiger charge is -2.11. The van der Waals surface area contributed by atoms with Crippen LogP contribution < -0.4 is 0 Å². The third-order valence-corrected chi connectivity index (χ3v) is 27.2. The van der Waals surface area contributed by atoms with Crippen molar-refractivity contribution in [3.05, 3.63) is 516 Å². The molecule has 0 bridgehead atoms. The molecule has 0 unspecified atom stereocenters. The quantitative estimate of drug-likeness (QED) is 0.0845. The van der Waals surface area contributed by atoms with Gasteiger partial charge in [-0.25, -0.2) is 44.9 Å². The van der Waals surface area contributed by atoms with Crippen LogP contribution in [-0.2, 0) is 0 Å². The SMILES string of the molecule is [2H]c1cccc(-c2ccc(-c3ccc(-c4ccc5oc6cccc(-c7nc(-c8ccccc8)nc(-c8cccc9oc%10ccccc%10c89)n7)c6c5c4)cc3)cc2)c1.c1ccc(-c2cc(-c3nc(-c4ccccc4)nc(-c4ccccc4)n3)c3c(c2)oc2ccc(-c4ccccc4)cc23)cc1.c1ccc(-c2ccc(-c3ccc4oc5c(-c6ccccc6)ccc(-c6nc(-c7ccccc7)nc(-c7ccccc7)n6)c5c4c3)cc2)cc1. The molecule has 148 heavy (non-hydrogen) atoms. The molecule has 28 aromatic rings. The number of hydrogen-bond donors (Lipinski definition) is 0. The van der Waals surface area contributed by atoms with Gasteiger partial charge in [0.15, 0.2) is 52.4 Å². The van der Waals surface area contributed by atoms with E-state index in [1.165, 1.54) is 11.1 Å². The van der Waals surface area contributed by atoms with Gasteiger partial charge in [-0.15, -0.1) is 0 Å². The summed E-state index contributed by atoms with van der Waals surface area (Å²) in [4.78, 5) is 45.6. The van der Waals surface area contributed by atoms with Gasteiger partial charge in [0.05, 0.1) is 1.37 Å². The van der Waals surface area contributed by atoms with E-state index in [0.29, 0.717) is 58.5 Å². The summed E-state index contributed by atoms with van der Waals surface area (Å²) in [5.41, 5.74) is 32.3. The Bertz CT molecular complexity index is 9740. The van der Waals surface area contributed by atoms with E-state index in [1.54, 1.807) is 6.07 Å². The summed E-state index contributed by atoms with van der Waals surface area (Å²) in [6.07, 6.45) is 0. The lowest BCUT2D eigenvalue weighted by atomic mass is 9.96. The number of furan rings is 4. The fraction of sp³-hybridized carbons (Fsp3) is 0. The van der Waals surface area contributed by atoms with Crippen molar-refractivity contribution in [2.75, 3.05) is 0 Å². The van der Waals surface area contributed by atoms with Crippen molar-refractivity contribution in [3.63, 3.8) is 0 Å². The van der Waals surface area contributed by atoms with E-state index in [0.717, 1.165) is 216 Å². The van der Waals surface area contributed by atoms with Gasteiger partial charge < -0.3 is 17.7 Å². The highest BCUT2D eigenvalue weighted by Crippen LogP contribution is 2.48. The minimum absolute atomic E-state index is 0.510. The zero-order valence-electron chi connectivity index (χ0n) is 80.7. The minimum Gasteiger partial charge on any atom is -0.456 e. The van der Waals surface area contributed by atoms with Gasteiger partial charge in [0.2, 0.25) is 0 Å². The Labute approximate surface area is 853 Å². The van der Waals surface area contributed by atoms with E-state index < -0.39 is 0 Å². The van der Waals surface area contributed by atoms with E-state index in [-0.39, 0.29) is 0 Å². The van der Waals surface area contributed by atoms with Crippen LogP contribution in [0.3, 0.4) is 0 Å². The number of benzene rings is 21. The van der Waals surface area contributed by atoms with Crippen LogP contribution in [0.15, 0.2) is 533 Å². The van der Waals surface area contributed by atoms with Crippen molar-refractivity contribution in [1.82, 2.24) is 44.9 Å². The first-order valence-corrected chi connectivity index (χ1v) is 49.2. The Hall–Kier alpha value is -20.2. The molecule has 0 atom stereocenters. The Balaban J connectivity index is 0.000000114. The molecule has 0 saturated carbocycles. The molecule has 7 heterocycles. The highest BCUT2D eigenvalue weighted by Gasteiger charge is 2.27. The van der Waals surface area contributed by atoms with Crippen LogP contribution in [0.2, 0.25) is 0 Å². The monoisotopic (exact) mass is 1900 g/mol.